The molecule has 0 spiro atoms. The molecule has 0 aliphatic rings. The normalized spacial score (nSPS) is 12.2. The van der Waals surface area contributed by atoms with Gasteiger partial charge in [0.2, 0.25) is 5.91 Å². The molecule has 1 atom stereocenters. The predicted molar refractivity (Wildman–Crippen MR) is 93.0 cm³/mol. The number of rotatable bonds is 6. The molecule has 0 aliphatic carbocycles. The number of benzene rings is 1. The van der Waals surface area contributed by atoms with E-state index < -0.39 is 24.7 Å². The Morgan fingerprint density at radius 1 is 1.21 bits per heavy atom. The van der Waals surface area contributed by atoms with E-state index in [-0.39, 0.29) is 23.8 Å². The van der Waals surface area contributed by atoms with E-state index >= 15 is 0 Å². The Hall–Kier alpha value is -3.17. The minimum atomic E-state index is -4.43. The summed E-state index contributed by atoms with van der Waals surface area (Å²) >= 11 is 0. The lowest BCUT2D eigenvalue weighted by Gasteiger charge is -2.29. The van der Waals surface area contributed by atoms with E-state index in [2.05, 4.69) is 20.1 Å². The smallest absolute Gasteiger partial charge is 0.422 e. The van der Waals surface area contributed by atoms with Crippen LogP contribution in [-0.4, -0.2) is 39.6 Å². The van der Waals surface area contributed by atoms with Crippen LogP contribution in [0.25, 0.3) is 0 Å². The molecular formula is C18H19F3N4O3. The zero-order chi connectivity index (χ0) is 20.7. The molecule has 1 N–H and O–H groups in total. The molecule has 2 amide bonds. The van der Waals surface area contributed by atoms with Crippen LogP contribution in [0.5, 0.6) is 5.75 Å². The third-order valence-electron chi connectivity index (χ3n) is 3.72. The van der Waals surface area contributed by atoms with Crippen LogP contribution in [-0.2, 0) is 4.79 Å². The number of hydrazine groups is 1. The quantitative estimate of drug-likeness (QED) is 0.759. The van der Waals surface area contributed by atoms with Gasteiger partial charge in [-0.3, -0.25) is 20.0 Å². The van der Waals surface area contributed by atoms with Crippen LogP contribution < -0.4 is 10.2 Å². The summed E-state index contributed by atoms with van der Waals surface area (Å²) in [6, 6.07) is 5.15. The lowest BCUT2D eigenvalue weighted by molar-refractivity contribution is -0.153. The molecule has 1 unspecified atom stereocenters. The maximum atomic E-state index is 12.7. The molecular weight excluding hydrogens is 377 g/mol. The first-order valence-corrected chi connectivity index (χ1v) is 8.40. The molecule has 1 aromatic carbocycles. The van der Waals surface area contributed by atoms with Gasteiger partial charge in [0.15, 0.2) is 6.61 Å². The molecule has 28 heavy (non-hydrogen) atoms. The van der Waals surface area contributed by atoms with Crippen molar-refractivity contribution in [1.29, 1.82) is 0 Å². The highest BCUT2D eigenvalue weighted by Gasteiger charge is 2.29. The number of hydrogen-bond donors (Lipinski definition) is 1. The summed E-state index contributed by atoms with van der Waals surface area (Å²) < 4.78 is 41.4. The molecule has 2 aromatic rings. The number of amides is 2. The van der Waals surface area contributed by atoms with E-state index in [4.69, 9.17) is 0 Å². The molecule has 0 aliphatic heterocycles. The maximum absolute atomic E-state index is 12.7. The summed E-state index contributed by atoms with van der Waals surface area (Å²) in [6.07, 6.45) is -0.245. The third-order valence-corrected chi connectivity index (χ3v) is 3.72. The first-order valence-electron chi connectivity index (χ1n) is 8.40. The second kappa shape index (κ2) is 9.16. The van der Waals surface area contributed by atoms with Gasteiger partial charge in [-0.2, -0.15) is 13.2 Å². The van der Waals surface area contributed by atoms with Gasteiger partial charge in [0.05, 0.1) is 12.2 Å². The molecule has 1 heterocycles. The van der Waals surface area contributed by atoms with Gasteiger partial charge >= 0.3 is 6.18 Å². The van der Waals surface area contributed by atoms with Gasteiger partial charge in [0, 0.05) is 18.8 Å². The highest BCUT2D eigenvalue weighted by Crippen LogP contribution is 2.24. The molecule has 0 saturated heterocycles. The molecule has 0 fully saturated rings. The van der Waals surface area contributed by atoms with E-state index in [0.717, 1.165) is 5.01 Å². The second-order valence-electron chi connectivity index (χ2n) is 5.80. The minimum Gasteiger partial charge on any atom is -0.484 e. The number of nitrogens with zero attached hydrogens (tertiary/aromatic N) is 3. The molecule has 0 bridgehead atoms. The van der Waals surface area contributed by atoms with Crippen molar-refractivity contribution in [2.24, 2.45) is 0 Å². The SMILES string of the molecule is CCC(=O)NN(C(=O)c1cnccn1)C(C)c1ccc(OCC(F)(F)F)cc1. The number of nitrogens with one attached hydrogen (secondary N) is 1. The number of carbonyl (C=O) groups excluding carboxylic acids is 2. The molecule has 0 radical (unpaired) electrons. The lowest BCUT2D eigenvalue weighted by Crippen LogP contribution is -2.47. The van der Waals surface area contributed by atoms with Crippen LogP contribution in [0.2, 0.25) is 0 Å². The van der Waals surface area contributed by atoms with E-state index in [1.807, 2.05) is 0 Å². The summed E-state index contributed by atoms with van der Waals surface area (Å²) in [5.41, 5.74) is 3.13. The van der Waals surface area contributed by atoms with Crippen LogP contribution in [0.4, 0.5) is 13.2 Å². The van der Waals surface area contributed by atoms with Gasteiger partial charge in [-0.05, 0) is 24.6 Å². The summed E-state index contributed by atoms with van der Waals surface area (Å²) in [7, 11) is 0. The van der Waals surface area contributed by atoms with E-state index in [1.165, 1.54) is 42.9 Å². The van der Waals surface area contributed by atoms with Crippen LogP contribution in [0.1, 0.15) is 42.4 Å². The van der Waals surface area contributed by atoms with E-state index in [1.54, 1.807) is 13.8 Å². The average molecular weight is 396 g/mol. The zero-order valence-corrected chi connectivity index (χ0v) is 15.2. The largest absolute Gasteiger partial charge is 0.484 e. The lowest BCUT2D eigenvalue weighted by atomic mass is 10.1. The standard InChI is InChI=1S/C18H19F3N4O3/c1-3-16(26)24-25(17(27)15-10-22-8-9-23-15)12(2)13-4-6-14(7-5-13)28-11-18(19,20)21/h4-10,12H,3,11H2,1-2H3,(H,24,26). The minimum absolute atomic E-state index is 0.0379. The molecule has 150 valence electrons. The number of hydrogen-bond acceptors (Lipinski definition) is 5. The maximum Gasteiger partial charge on any atom is 0.422 e. The van der Waals surface area contributed by atoms with Gasteiger partial charge in [-0.15, -0.1) is 0 Å². The van der Waals surface area contributed by atoms with Crippen LogP contribution in [0.3, 0.4) is 0 Å². The Labute approximate surface area is 159 Å². The van der Waals surface area contributed by atoms with E-state index in [9.17, 15) is 22.8 Å². The predicted octanol–water partition coefficient (Wildman–Crippen LogP) is 3.06. The molecule has 1 aromatic heterocycles. The van der Waals surface area contributed by atoms with Gasteiger partial charge in [0.1, 0.15) is 11.4 Å². The number of carbonyl (C=O) groups is 2. The van der Waals surface area contributed by atoms with Crippen molar-refractivity contribution in [2.45, 2.75) is 32.5 Å². The fraction of sp³-hybridized carbons (Fsp3) is 0.333. The number of alkyl halides is 3. The van der Waals surface area contributed by atoms with Crippen LogP contribution >= 0.6 is 0 Å². The number of ether oxygens (including phenoxy) is 1. The monoisotopic (exact) mass is 396 g/mol. The highest BCUT2D eigenvalue weighted by atomic mass is 19.4. The first kappa shape index (κ1) is 21.1. The molecule has 7 nitrogen and oxygen atoms in total. The van der Waals surface area contributed by atoms with Gasteiger partial charge < -0.3 is 4.74 Å². The Bertz CT molecular complexity index is 798. The summed E-state index contributed by atoms with van der Waals surface area (Å²) in [4.78, 5) is 32.4. The Balaban J connectivity index is 2.20. The Morgan fingerprint density at radius 2 is 1.89 bits per heavy atom. The molecule has 0 saturated carbocycles. The second-order valence-corrected chi connectivity index (χ2v) is 5.80. The molecule has 2 rings (SSSR count). The van der Waals surface area contributed by atoms with Gasteiger partial charge in [-0.25, -0.2) is 9.99 Å². The Morgan fingerprint density at radius 3 is 2.43 bits per heavy atom. The topological polar surface area (TPSA) is 84.4 Å². The van der Waals surface area contributed by atoms with Crippen molar-refractivity contribution in [3.8, 4) is 5.75 Å². The van der Waals surface area contributed by atoms with Crippen molar-refractivity contribution < 1.29 is 27.5 Å². The van der Waals surface area contributed by atoms with Gasteiger partial charge in [0.25, 0.3) is 5.91 Å². The third kappa shape index (κ3) is 5.93. The van der Waals surface area contributed by atoms with E-state index in [0.29, 0.717) is 5.56 Å². The summed E-state index contributed by atoms with van der Waals surface area (Å²) in [5.74, 6) is -0.910. The summed E-state index contributed by atoms with van der Waals surface area (Å²) in [6.45, 7) is 1.90. The van der Waals surface area contributed by atoms with Crippen molar-refractivity contribution in [3.63, 3.8) is 0 Å². The van der Waals surface area contributed by atoms with Crippen molar-refractivity contribution in [3.05, 3.63) is 54.1 Å². The fourth-order valence-electron chi connectivity index (χ4n) is 2.23. The average Bonchev–Trinajstić information content (AvgIpc) is 2.69. The highest BCUT2D eigenvalue weighted by molar-refractivity contribution is 5.93. The summed E-state index contributed by atoms with van der Waals surface area (Å²) in [5, 5.41) is 1.11. The number of halogens is 3. The van der Waals surface area contributed by atoms with Crippen LogP contribution in [0, 0.1) is 0 Å². The first-order chi connectivity index (χ1) is 13.2. The van der Waals surface area contributed by atoms with Crippen molar-refractivity contribution in [2.75, 3.05) is 6.61 Å². The number of aromatic nitrogens is 2. The molecule has 10 heteroatoms. The zero-order valence-electron chi connectivity index (χ0n) is 15.2. The fourth-order valence-corrected chi connectivity index (χ4v) is 2.23. The van der Waals surface area contributed by atoms with Crippen LogP contribution in [0.15, 0.2) is 42.9 Å². The van der Waals surface area contributed by atoms with Crippen molar-refractivity contribution in [1.82, 2.24) is 20.4 Å². The van der Waals surface area contributed by atoms with Gasteiger partial charge in [-0.1, -0.05) is 19.1 Å². The van der Waals surface area contributed by atoms with Crippen molar-refractivity contribution >= 4 is 11.8 Å². The Kier molecular flexibility index (Phi) is 6.91.